The van der Waals surface area contributed by atoms with Crippen molar-refractivity contribution in [3.8, 4) is 0 Å². The molecule has 0 aromatic rings. The Morgan fingerprint density at radius 1 is 0.520 bits per heavy atom. The molecule has 0 bridgehead atoms. The summed E-state index contributed by atoms with van der Waals surface area (Å²) in [5.74, 6) is 0. The molecule has 0 radical (unpaired) electrons. The summed E-state index contributed by atoms with van der Waals surface area (Å²) in [6, 6.07) is 0.925. The van der Waals surface area contributed by atoms with Gasteiger partial charge in [0, 0.05) is 6.04 Å². The molecule has 0 heterocycles. The molecule has 0 atom stereocenters. The first-order valence-electron chi connectivity index (χ1n) is 12.1. The van der Waals surface area contributed by atoms with Crippen LogP contribution >= 0.6 is 0 Å². The molecule has 0 aromatic carbocycles. The molecule has 1 nitrogen and oxygen atoms in total. The van der Waals surface area contributed by atoms with Crippen molar-refractivity contribution in [2.45, 2.75) is 142 Å². The van der Waals surface area contributed by atoms with Crippen LogP contribution in [-0.4, -0.2) is 24.0 Å². The summed E-state index contributed by atoms with van der Waals surface area (Å²) in [7, 11) is 0. The summed E-state index contributed by atoms with van der Waals surface area (Å²) in [5, 5.41) is 0. The summed E-state index contributed by atoms with van der Waals surface area (Å²) in [6.45, 7) is 7.39. The largest absolute Gasteiger partial charge is 0.300 e. The lowest BCUT2D eigenvalue weighted by atomic mass is 9.93. The Labute approximate surface area is 160 Å². The van der Waals surface area contributed by atoms with Crippen molar-refractivity contribution in [2.75, 3.05) is 13.1 Å². The summed E-state index contributed by atoms with van der Waals surface area (Å²) < 4.78 is 0. The van der Waals surface area contributed by atoms with Gasteiger partial charge in [0.05, 0.1) is 0 Å². The third-order valence-electron chi connectivity index (χ3n) is 6.19. The highest BCUT2D eigenvalue weighted by molar-refractivity contribution is 4.76. The lowest BCUT2D eigenvalue weighted by Gasteiger charge is -2.34. The minimum absolute atomic E-state index is 0.925. The van der Waals surface area contributed by atoms with E-state index in [1.54, 1.807) is 0 Å². The van der Waals surface area contributed by atoms with Gasteiger partial charge in [-0.3, -0.25) is 0 Å². The smallest absolute Gasteiger partial charge is 0.00952 e. The van der Waals surface area contributed by atoms with E-state index in [9.17, 15) is 0 Å². The molecule has 1 fully saturated rings. The Hall–Kier alpha value is -0.0400. The molecule has 0 aliphatic heterocycles. The maximum atomic E-state index is 2.89. The average molecular weight is 352 g/mol. The van der Waals surface area contributed by atoms with E-state index in [1.165, 1.54) is 135 Å². The van der Waals surface area contributed by atoms with Crippen LogP contribution in [0.2, 0.25) is 0 Å². The van der Waals surface area contributed by atoms with Gasteiger partial charge >= 0.3 is 0 Å². The summed E-state index contributed by atoms with van der Waals surface area (Å²) in [6.07, 6.45) is 27.6. The summed E-state index contributed by atoms with van der Waals surface area (Å²) in [5.41, 5.74) is 0. The summed E-state index contributed by atoms with van der Waals surface area (Å²) >= 11 is 0. The molecule has 0 aromatic heterocycles. The fourth-order valence-electron chi connectivity index (χ4n) is 4.47. The van der Waals surface area contributed by atoms with Crippen LogP contribution in [0.25, 0.3) is 0 Å². The average Bonchev–Trinajstić information content (AvgIpc) is 2.65. The molecule has 1 rings (SSSR count). The highest BCUT2D eigenvalue weighted by Crippen LogP contribution is 2.23. The van der Waals surface area contributed by atoms with Crippen LogP contribution < -0.4 is 0 Å². The first-order chi connectivity index (χ1) is 12.4. The predicted molar refractivity (Wildman–Crippen MR) is 114 cm³/mol. The van der Waals surface area contributed by atoms with E-state index in [0.29, 0.717) is 0 Å². The van der Waals surface area contributed by atoms with Crippen molar-refractivity contribution in [1.29, 1.82) is 0 Å². The highest BCUT2D eigenvalue weighted by Gasteiger charge is 2.20. The standard InChI is InChI=1S/C24H49N/c1-3-5-7-9-10-11-12-13-14-19-23-25(22-18-8-6-4-2)24-20-16-15-17-21-24/h24H,3-23H2,1-2H3. The lowest BCUT2D eigenvalue weighted by molar-refractivity contribution is 0.150. The van der Waals surface area contributed by atoms with Gasteiger partial charge in [0.2, 0.25) is 0 Å². The van der Waals surface area contributed by atoms with Gasteiger partial charge < -0.3 is 4.90 Å². The van der Waals surface area contributed by atoms with E-state index in [-0.39, 0.29) is 0 Å². The molecule has 1 heteroatoms. The molecule has 1 aliphatic rings. The van der Waals surface area contributed by atoms with Gasteiger partial charge in [-0.05, 0) is 38.8 Å². The minimum atomic E-state index is 0.925. The van der Waals surface area contributed by atoms with Gasteiger partial charge in [0.25, 0.3) is 0 Å². The van der Waals surface area contributed by atoms with Crippen LogP contribution in [0.15, 0.2) is 0 Å². The maximum absolute atomic E-state index is 2.89. The Morgan fingerprint density at radius 2 is 0.920 bits per heavy atom. The SMILES string of the molecule is CCCCCCCCCCCCN(CCCCCC)C1CCCCC1. The Balaban J connectivity index is 2.06. The van der Waals surface area contributed by atoms with Gasteiger partial charge in [0.15, 0.2) is 0 Å². The second-order valence-corrected chi connectivity index (χ2v) is 8.57. The van der Waals surface area contributed by atoms with E-state index in [0.717, 1.165) is 6.04 Å². The van der Waals surface area contributed by atoms with Gasteiger partial charge in [-0.2, -0.15) is 0 Å². The van der Waals surface area contributed by atoms with Crippen LogP contribution in [0.3, 0.4) is 0 Å². The molecule has 0 spiro atoms. The molecule has 0 amide bonds. The second-order valence-electron chi connectivity index (χ2n) is 8.57. The first kappa shape index (κ1) is 23.0. The zero-order valence-corrected chi connectivity index (χ0v) is 17.9. The van der Waals surface area contributed by atoms with E-state index >= 15 is 0 Å². The van der Waals surface area contributed by atoms with Crippen LogP contribution in [0, 0.1) is 0 Å². The topological polar surface area (TPSA) is 3.24 Å². The number of hydrogen-bond donors (Lipinski definition) is 0. The molecule has 1 saturated carbocycles. The normalized spacial score (nSPS) is 16.0. The third kappa shape index (κ3) is 12.9. The van der Waals surface area contributed by atoms with Gasteiger partial charge in [-0.1, -0.05) is 110 Å². The fraction of sp³-hybridized carbons (Fsp3) is 1.00. The van der Waals surface area contributed by atoms with Crippen molar-refractivity contribution < 1.29 is 0 Å². The van der Waals surface area contributed by atoms with Gasteiger partial charge in [0.1, 0.15) is 0 Å². The minimum Gasteiger partial charge on any atom is -0.300 e. The summed E-state index contributed by atoms with van der Waals surface area (Å²) in [4.78, 5) is 2.89. The molecular weight excluding hydrogens is 302 g/mol. The van der Waals surface area contributed by atoms with Gasteiger partial charge in [-0.15, -0.1) is 0 Å². The van der Waals surface area contributed by atoms with Crippen molar-refractivity contribution in [3.63, 3.8) is 0 Å². The number of nitrogens with zero attached hydrogens (tertiary/aromatic N) is 1. The van der Waals surface area contributed by atoms with Crippen molar-refractivity contribution >= 4 is 0 Å². The van der Waals surface area contributed by atoms with E-state index in [4.69, 9.17) is 0 Å². The molecule has 0 unspecified atom stereocenters. The zero-order valence-electron chi connectivity index (χ0n) is 17.9. The first-order valence-corrected chi connectivity index (χ1v) is 12.1. The van der Waals surface area contributed by atoms with Crippen LogP contribution in [0.5, 0.6) is 0 Å². The maximum Gasteiger partial charge on any atom is 0.00952 e. The molecule has 0 N–H and O–H groups in total. The Morgan fingerprint density at radius 3 is 1.40 bits per heavy atom. The van der Waals surface area contributed by atoms with Crippen molar-refractivity contribution in [3.05, 3.63) is 0 Å². The molecule has 0 saturated heterocycles. The number of rotatable bonds is 17. The van der Waals surface area contributed by atoms with Crippen LogP contribution in [-0.2, 0) is 0 Å². The molecule has 150 valence electrons. The van der Waals surface area contributed by atoms with Gasteiger partial charge in [-0.25, -0.2) is 0 Å². The van der Waals surface area contributed by atoms with Crippen LogP contribution in [0.4, 0.5) is 0 Å². The molecule has 25 heavy (non-hydrogen) atoms. The number of unbranched alkanes of at least 4 members (excludes halogenated alkanes) is 12. The predicted octanol–water partition coefficient (Wildman–Crippen LogP) is 8.12. The Kier molecular flexibility index (Phi) is 16.0. The van der Waals surface area contributed by atoms with E-state index in [1.807, 2.05) is 0 Å². The number of hydrogen-bond acceptors (Lipinski definition) is 1. The molecule has 1 aliphatic carbocycles. The van der Waals surface area contributed by atoms with E-state index in [2.05, 4.69) is 18.7 Å². The zero-order chi connectivity index (χ0) is 18.0. The Bertz CT molecular complexity index is 257. The second kappa shape index (κ2) is 17.4. The quantitative estimate of drug-likeness (QED) is 0.239. The van der Waals surface area contributed by atoms with E-state index < -0.39 is 0 Å². The third-order valence-corrected chi connectivity index (χ3v) is 6.19. The fourth-order valence-corrected chi connectivity index (χ4v) is 4.47. The van der Waals surface area contributed by atoms with Crippen LogP contribution in [0.1, 0.15) is 136 Å². The van der Waals surface area contributed by atoms with Crippen molar-refractivity contribution in [1.82, 2.24) is 4.90 Å². The lowest BCUT2D eigenvalue weighted by Crippen LogP contribution is -2.38. The highest BCUT2D eigenvalue weighted by atomic mass is 15.1. The van der Waals surface area contributed by atoms with Crippen molar-refractivity contribution in [2.24, 2.45) is 0 Å². The molecular formula is C24H49N. The monoisotopic (exact) mass is 351 g/mol.